The fourth-order valence-corrected chi connectivity index (χ4v) is 1.50. The molecule has 0 saturated carbocycles. The molecular weight excluding hydrogens is 112 g/mol. The molecule has 0 aromatic heterocycles. The number of rotatable bonds is 1. The number of nitrogens with zero attached hydrogens (tertiary/aromatic N) is 1. The molecule has 0 radical (unpaired) electrons. The first-order valence-electron chi connectivity index (χ1n) is 3.55. The summed E-state index contributed by atoms with van der Waals surface area (Å²) in [4.78, 5) is 2.46. The minimum Gasteiger partial charge on any atom is -0.344 e. The maximum absolute atomic E-state index is 2.46. The molecule has 3 N–H and O–H groups in total. The zero-order chi connectivity index (χ0) is 5.98. The van der Waals surface area contributed by atoms with Crippen molar-refractivity contribution in [1.29, 1.82) is 0 Å². The van der Waals surface area contributed by atoms with Crippen molar-refractivity contribution in [3.05, 3.63) is 0 Å². The van der Waals surface area contributed by atoms with Crippen molar-refractivity contribution in [2.75, 3.05) is 13.6 Å². The van der Waals surface area contributed by atoms with Crippen molar-refractivity contribution in [3.63, 3.8) is 0 Å². The molecule has 0 aliphatic carbocycles. The lowest BCUT2D eigenvalue weighted by Crippen LogP contribution is -2.23. The third kappa shape index (κ3) is 1.95. The molecule has 2 nitrogen and oxygen atoms in total. The minimum atomic E-state index is 0. The van der Waals surface area contributed by atoms with Crippen LogP contribution in [0.25, 0.3) is 0 Å². The van der Waals surface area contributed by atoms with Crippen LogP contribution in [0, 0.1) is 0 Å². The Kier molecular flexibility index (Phi) is 3.82. The van der Waals surface area contributed by atoms with E-state index in [2.05, 4.69) is 18.9 Å². The zero-order valence-corrected chi connectivity index (χ0v) is 6.56. The van der Waals surface area contributed by atoms with Crippen molar-refractivity contribution >= 4 is 0 Å². The molecule has 2 heteroatoms. The predicted molar refractivity (Wildman–Crippen MR) is 41.0 cm³/mol. The van der Waals surface area contributed by atoms with Crippen LogP contribution in [0.15, 0.2) is 0 Å². The van der Waals surface area contributed by atoms with Crippen LogP contribution < -0.4 is 6.15 Å². The number of hydrogen-bond acceptors (Lipinski definition) is 2. The van der Waals surface area contributed by atoms with E-state index in [1.807, 2.05) is 0 Å². The fourth-order valence-electron chi connectivity index (χ4n) is 1.50. The quantitative estimate of drug-likeness (QED) is 0.586. The maximum Gasteiger partial charge on any atom is 0.00900 e. The lowest BCUT2D eigenvalue weighted by Gasteiger charge is -2.16. The van der Waals surface area contributed by atoms with Gasteiger partial charge in [-0.25, -0.2) is 0 Å². The summed E-state index contributed by atoms with van der Waals surface area (Å²) in [5.74, 6) is 0. The van der Waals surface area contributed by atoms with Gasteiger partial charge in [0.2, 0.25) is 0 Å². The standard InChI is InChI=1S/C7H15N.H3N/c1-3-7-5-4-6-8(7)2;/h7H,3-6H2,1-2H3;1H3. The Morgan fingerprint density at radius 3 is 2.44 bits per heavy atom. The zero-order valence-electron chi connectivity index (χ0n) is 6.56. The average molecular weight is 130 g/mol. The van der Waals surface area contributed by atoms with Crippen molar-refractivity contribution in [2.24, 2.45) is 0 Å². The lowest BCUT2D eigenvalue weighted by atomic mass is 10.2. The predicted octanol–water partition coefficient (Wildman–Crippen LogP) is 1.65. The molecule has 1 aliphatic rings. The Balaban J connectivity index is 0.000000640. The SMILES string of the molecule is CCC1CCCN1C.N. The van der Waals surface area contributed by atoms with Crippen molar-refractivity contribution in [2.45, 2.75) is 32.2 Å². The van der Waals surface area contributed by atoms with E-state index >= 15 is 0 Å². The largest absolute Gasteiger partial charge is 0.344 e. The van der Waals surface area contributed by atoms with Crippen molar-refractivity contribution in [3.8, 4) is 0 Å². The maximum atomic E-state index is 2.46. The van der Waals surface area contributed by atoms with E-state index in [0.717, 1.165) is 6.04 Å². The van der Waals surface area contributed by atoms with Gasteiger partial charge in [0.1, 0.15) is 0 Å². The average Bonchev–Trinajstić information content (AvgIpc) is 2.14. The highest BCUT2D eigenvalue weighted by Gasteiger charge is 2.17. The van der Waals surface area contributed by atoms with E-state index in [-0.39, 0.29) is 6.15 Å². The highest BCUT2D eigenvalue weighted by Crippen LogP contribution is 2.16. The molecule has 56 valence electrons. The van der Waals surface area contributed by atoms with E-state index in [4.69, 9.17) is 0 Å². The Labute approximate surface area is 57.8 Å². The summed E-state index contributed by atoms with van der Waals surface area (Å²) >= 11 is 0. The highest BCUT2D eigenvalue weighted by molar-refractivity contribution is 4.73. The lowest BCUT2D eigenvalue weighted by molar-refractivity contribution is 0.304. The second-order valence-corrected chi connectivity index (χ2v) is 2.68. The van der Waals surface area contributed by atoms with Gasteiger partial charge in [-0.05, 0) is 32.9 Å². The van der Waals surface area contributed by atoms with Crippen LogP contribution in [-0.4, -0.2) is 24.5 Å². The van der Waals surface area contributed by atoms with Gasteiger partial charge in [0.05, 0.1) is 0 Å². The van der Waals surface area contributed by atoms with Crippen molar-refractivity contribution in [1.82, 2.24) is 11.1 Å². The second kappa shape index (κ2) is 3.85. The Hall–Kier alpha value is -0.0800. The van der Waals surface area contributed by atoms with Crippen molar-refractivity contribution < 1.29 is 0 Å². The summed E-state index contributed by atoms with van der Waals surface area (Å²) in [5.41, 5.74) is 0. The summed E-state index contributed by atoms with van der Waals surface area (Å²) in [6, 6.07) is 0.898. The third-order valence-electron chi connectivity index (χ3n) is 2.14. The van der Waals surface area contributed by atoms with Crippen LogP contribution in [0.4, 0.5) is 0 Å². The topological polar surface area (TPSA) is 38.2 Å². The number of hydrogen-bond donors (Lipinski definition) is 1. The molecule has 0 bridgehead atoms. The van der Waals surface area contributed by atoms with Gasteiger partial charge in [0.15, 0.2) is 0 Å². The van der Waals surface area contributed by atoms with Gasteiger partial charge < -0.3 is 11.1 Å². The van der Waals surface area contributed by atoms with E-state index in [1.165, 1.54) is 25.8 Å². The molecule has 1 rings (SSSR count). The monoisotopic (exact) mass is 130 g/mol. The van der Waals surface area contributed by atoms with Gasteiger partial charge in [-0.1, -0.05) is 6.92 Å². The summed E-state index contributed by atoms with van der Waals surface area (Å²) in [5, 5.41) is 0. The fraction of sp³-hybridized carbons (Fsp3) is 1.00. The molecule has 1 aliphatic heterocycles. The van der Waals surface area contributed by atoms with E-state index in [9.17, 15) is 0 Å². The van der Waals surface area contributed by atoms with Crippen LogP contribution in [0.5, 0.6) is 0 Å². The molecule has 0 aromatic rings. The molecule has 1 saturated heterocycles. The normalized spacial score (nSPS) is 28.0. The van der Waals surface area contributed by atoms with E-state index < -0.39 is 0 Å². The first kappa shape index (κ1) is 8.92. The van der Waals surface area contributed by atoms with Gasteiger partial charge in [-0.15, -0.1) is 0 Å². The molecule has 1 atom stereocenters. The van der Waals surface area contributed by atoms with E-state index in [0.29, 0.717) is 0 Å². The minimum absolute atomic E-state index is 0. The van der Waals surface area contributed by atoms with Crippen LogP contribution in [-0.2, 0) is 0 Å². The molecule has 0 amide bonds. The van der Waals surface area contributed by atoms with Crippen LogP contribution in [0.3, 0.4) is 0 Å². The van der Waals surface area contributed by atoms with Gasteiger partial charge in [-0.3, -0.25) is 0 Å². The molecule has 1 unspecified atom stereocenters. The van der Waals surface area contributed by atoms with Gasteiger partial charge in [-0.2, -0.15) is 0 Å². The summed E-state index contributed by atoms with van der Waals surface area (Å²) in [7, 11) is 2.22. The Bertz CT molecular complexity index is 73.3. The van der Waals surface area contributed by atoms with Crippen LogP contribution in [0.1, 0.15) is 26.2 Å². The smallest absolute Gasteiger partial charge is 0.00900 e. The summed E-state index contributed by atoms with van der Waals surface area (Å²) in [6.45, 7) is 3.59. The number of likely N-dealkylation sites (tertiary alicyclic amines) is 1. The molecular formula is C7H18N2. The summed E-state index contributed by atoms with van der Waals surface area (Å²) in [6.07, 6.45) is 4.17. The van der Waals surface area contributed by atoms with Gasteiger partial charge in [0.25, 0.3) is 0 Å². The summed E-state index contributed by atoms with van der Waals surface area (Å²) < 4.78 is 0. The molecule has 1 heterocycles. The first-order valence-corrected chi connectivity index (χ1v) is 3.55. The first-order chi connectivity index (χ1) is 3.84. The Morgan fingerprint density at radius 2 is 2.22 bits per heavy atom. The molecule has 9 heavy (non-hydrogen) atoms. The third-order valence-corrected chi connectivity index (χ3v) is 2.14. The molecule has 0 spiro atoms. The second-order valence-electron chi connectivity index (χ2n) is 2.68. The van der Waals surface area contributed by atoms with Crippen LogP contribution in [0.2, 0.25) is 0 Å². The molecule has 1 fully saturated rings. The van der Waals surface area contributed by atoms with Gasteiger partial charge >= 0.3 is 0 Å². The molecule has 0 aromatic carbocycles. The highest BCUT2D eigenvalue weighted by atomic mass is 15.1. The Morgan fingerprint density at radius 1 is 1.56 bits per heavy atom. The van der Waals surface area contributed by atoms with Crippen LogP contribution >= 0.6 is 0 Å². The van der Waals surface area contributed by atoms with E-state index in [1.54, 1.807) is 0 Å². The van der Waals surface area contributed by atoms with Gasteiger partial charge in [0, 0.05) is 6.04 Å².